The lowest BCUT2D eigenvalue weighted by atomic mass is 10.1. The zero-order valence-corrected chi connectivity index (χ0v) is 16.7. The molecule has 1 aliphatic rings. The van der Waals surface area contributed by atoms with Crippen molar-refractivity contribution in [2.75, 3.05) is 0 Å². The maximum atomic E-state index is 14.0. The minimum Gasteiger partial charge on any atom is -0.325 e. The number of fused-ring (bicyclic) bond motifs is 2. The number of imidazole rings is 2. The van der Waals surface area contributed by atoms with Crippen LogP contribution < -0.4 is 5.69 Å². The number of aryl methyl sites for hydroxylation is 1. The lowest BCUT2D eigenvalue weighted by Crippen LogP contribution is -2.25. The van der Waals surface area contributed by atoms with Crippen LogP contribution in [0.5, 0.6) is 0 Å². The average molecular weight is 393 g/mol. The van der Waals surface area contributed by atoms with Crippen molar-refractivity contribution in [3.8, 4) is 0 Å². The van der Waals surface area contributed by atoms with Crippen LogP contribution in [0.1, 0.15) is 45.0 Å². The van der Waals surface area contributed by atoms with E-state index in [2.05, 4.69) is 23.4 Å². The summed E-state index contributed by atoms with van der Waals surface area (Å²) in [7, 11) is 0. The van der Waals surface area contributed by atoms with Gasteiger partial charge in [-0.25, -0.2) is 19.2 Å². The predicted octanol–water partition coefficient (Wildman–Crippen LogP) is 4.12. The summed E-state index contributed by atoms with van der Waals surface area (Å²) in [5, 5.41) is 0. The van der Waals surface area contributed by atoms with Gasteiger partial charge >= 0.3 is 5.69 Å². The summed E-state index contributed by atoms with van der Waals surface area (Å²) in [6, 6.07) is 8.72. The van der Waals surface area contributed by atoms with Crippen molar-refractivity contribution >= 4 is 22.2 Å². The van der Waals surface area contributed by atoms with E-state index in [1.165, 1.54) is 12.1 Å². The largest absolute Gasteiger partial charge is 0.329 e. The van der Waals surface area contributed by atoms with Crippen LogP contribution in [0.4, 0.5) is 4.39 Å². The van der Waals surface area contributed by atoms with Gasteiger partial charge in [-0.1, -0.05) is 13.8 Å². The van der Waals surface area contributed by atoms with Crippen LogP contribution in [-0.4, -0.2) is 23.7 Å². The molecule has 1 aliphatic carbocycles. The van der Waals surface area contributed by atoms with Gasteiger partial charge in [0.25, 0.3) is 0 Å². The van der Waals surface area contributed by atoms with Gasteiger partial charge in [0, 0.05) is 18.8 Å². The van der Waals surface area contributed by atoms with Crippen LogP contribution in [-0.2, 0) is 13.1 Å². The lowest BCUT2D eigenvalue weighted by Gasteiger charge is -2.11. The molecule has 0 radical (unpaired) electrons. The summed E-state index contributed by atoms with van der Waals surface area (Å²) in [5.74, 6) is 0.986. The molecule has 0 spiro atoms. The predicted molar refractivity (Wildman–Crippen MR) is 111 cm³/mol. The molecule has 4 aromatic rings. The summed E-state index contributed by atoms with van der Waals surface area (Å²) in [4.78, 5) is 22.3. The molecule has 1 fully saturated rings. The summed E-state index contributed by atoms with van der Waals surface area (Å²) < 4.78 is 19.6. The first-order valence-corrected chi connectivity index (χ1v) is 10.2. The quantitative estimate of drug-likeness (QED) is 0.495. The van der Waals surface area contributed by atoms with E-state index in [-0.39, 0.29) is 17.5 Å². The van der Waals surface area contributed by atoms with E-state index in [0.717, 1.165) is 42.7 Å². The minimum absolute atomic E-state index is 0.0940. The van der Waals surface area contributed by atoms with Gasteiger partial charge < -0.3 is 4.57 Å². The standard InChI is InChI=1S/C22H24FN5O/c1-14(2)9-11-26-18-4-3-10-24-21(18)25-20(26)13-27-19-12-15(23)5-8-17(19)28(22(27)29)16-6-7-16/h3-5,8,10,12,14,16H,6-7,9,11,13H2,1-2H3. The maximum absolute atomic E-state index is 14.0. The number of pyridine rings is 1. The van der Waals surface area contributed by atoms with Gasteiger partial charge in [0.2, 0.25) is 0 Å². The molecular weight excluding hydrogens is 369 g/mol. The molecule has 1 saturated carbocycles. The number of hydrogen-bond acceptors (Lipinski definition) is 3. The molecule has 29 heavy (non-hydrogen) atoms. The van der Waals surface area contributed by atoms with Crippen LogP contribution >= 0.6 is 0 Å². The number of aromatic nitrogens is 5. The second kappa shape index (κ2) is 6.83. The Morgan fingerprint density at radius 2 is 1.97 bits per heavy atom. The molecule has 3 aromatic heterocycles. The van der Waals surface area contributed by atoms with Gasteiger partial charge in [-0.05, 0) is 55.5 Å². The molecule has 0 atom stereocenters. The van der Waals surface area contributed by atoms with Crippen molar-refractivity contribution in [3.63, 3.8) is 0 Å². The van der Waals surface area contributed by atoms with Crippen molar-refractivity contribution in [2.45, 2.75) is 52.2 Å². The molecular formula is C22H24FN5O. The molecule has 6 nitrogen and oxygen atoms in total. The van der Waals surface area contributed by atoms with E-state index in [9.17, 15) is 9.18 Å². The third kappa shape index (κ3) is 3.14. The monoisotopic (exact) mass is 393 g/mol. The first-order valence-electron chi connectivity index (χ1n) is 10.2. The molecule has 5 rings (SSSR count). The Hall–Kier alpha value is -2.96. The maximum Gasteiger partial charge on any atom is 0.329 e. The summed E-state index contributed by atoms with van der Waals surface area (Å²) >= 11 is 0. The summed E-state index contributed by atoms with van der Waals surface area (Å²) in [6.07, 6.45) is 4.72. The Morgan fingerprint density at radius 3 is 2.72 bits per heavy atom. The van der Waals surface area contributed by atoms with Crippen LogP contribution in [0, 0.1) is 11.7 Å². The number of benzene rings is 1. The van der Waals surface area contributed by atoms with E-state index in [1.807, 2.05) is 16.7 Å². The Morgan fingerprint density at radius 1 is 1.14 bits per heavy atom. The molecule has 0 unspecified atom stereocenters. The fourth-order valence-corrected chi connectivity index (χ4v) is 4.00. The minimum atomic E-state index is -0.339. The topological polar surface area (TPSA) is 57.6 Å². The number of hydrogen-bond donors (Lipinski definition) is 0. The van der Waals surface area contributed by atoms with Crippen LogP contribution in [0.25, 0.3) is 22.2 Å². The van der Waals surface area contributed by atoms with E-state index in [4.69, 9.17) is 4.98 Å². The molecule has 1 aromatic carbocycles. The Balaban J connectivity index is 1.65. The van der Waals surface area contributed by atoms with Crippen LogP contribution in [0.3, 0.4) is 0 Å². The highest BCUT2D eigenvalue weighted by atomic mass is 19.1. The van der Waals surface area contributed by atoms with E-state index >= 15 is 0 Å². The second-order valence-electron chi connectivity index (χ2n) is 8.31. The first-order chi connectivity index (χ1) is 14.0. The number of nitrogens with zero attached hydrogens (tertiary/aromatic N) is 5. The third-order valence-corrected chi connectivity index (χ3v) is 5.67. The molecule has 7 heteroatoms. The molecule has 0 amide bonds. The zero-order chi connectivity index (χ0) is 20.1. The van der Waals surface area contributed by atoms with Gasteiger partial charge in [0.15, 0.2) is 5.65 Å². The third-order valence-electron chi connectivity index (χ3n) is 5.67. The van der Waals surface area contributed by atoms with E-state index in [1.54, 1.807) is 16.8 Å². The van der Waals surface area contributed by atoms with Crippen LogP contribution in [0.2, 0.25) is 0 Å². The molecule has 3 heterocycles. The Bertz CT molecular complexity index is 1260. The number of rotatable bonds is 6. The molecule has 0 aliphatic heterocycles. The summed E-state index contributed by atoms with van der Waals surface area (Å²) in [5.41, 5.74) is 2.97. The first kappa shape index (κ1) is 18.1. The number of halogens is 1. The van der Waals surface area contributed by atoms with Gasteiger partial charge in [-0.15, -0.1) is 0 Å². The summed E-state index contributed by atoms with van der Waals surface area (Å²) in [6.45, 7) is 5.48. The average Bonchev–Trinajstić information content (AvgIpc) is 3.41. The Labute approximate surface area is 167 Å². The molecule has 150 valence electrons. The molecule has 0 saturated heterocycles. The van der Waals surface area contributed by atoms with Crippen molar-refractivity contribution in [2.24, 2.45) is 5.92 Å². The SMILES string of the molecule is CC(C)CCn1c(Cn2c(=O)n(C3CC3)c3ccc(F)cc32)nc2ncccc21. The fraction of sp³-hybridized carbons (Fsp3) is 0.409. The molecule has 0 bridgehead atoms. The Kier molecular flexibility index (Phi) is 4.26. The highest BCUT2D eigenvalue weighted by Gasteiger charge is 2.29. The van der Waals surface area contributed by atoms with Crippen molar-refractivity contribution in [3.05, 3.63) is 58.7 Å². The van der Waals surface area contributed by atoms with E-state index < -0.39 is 0 Å². The second-order valence-corrected chi connectivity index (χ2v) is 8.31. The smallest absolute Gasteiger partial charge is 0.325 e. The van der Waals surface area contributed by atoms with Crippen LogP contribution in [0.15, 0.2) is 41.3 Å². The van der Waals surface area contributed by atoms with Crippen molar-refractivity contribution in [1.82, 2.24) is 23.7 Å². The van der Waals surface area contributed by atoms with Gasteiger partial charge in [0.05, 0.1) is 23.1 Å². The molecule has 0 N–H and O–H groups in total. The highest BCUT2D eigenvalue weighted by molar-refractivity contribution is 5.77. The van der Waals surface area contributed by atoms with Gasteiger partial charge in [-0.3, -0.25) is 9.13 Å². The normalized spacial score (nSPS) is 14.5. The highest BCUT2D eigenvalue weighted by Crippen LogP contribution is 2.36. The zero-order valence-electron chi connectivity index (χ0n) is 16.7. The van der Waals surface area contributed by atoms with Gasteiger partial charge in [0.1, 0.15) is 11.6 Å². The van der Waals surface area contributed by atoms with Crippen molar-refractivity contribution in [1.29, 1.82) is 0 Å². The van der Waals surface area contributed by atoms with E-state index in [0.29, 0.717) is 23.6 Å². The fourth-order valence-electron chi connectivity index (χ4n) is 4.00. The van der Waals surface area contributed by atoms with Crippen molar-refractivity contribution < 1.29 is 4.39 Å². The van der Waals surface area contributed by atoms with Gasteiger partial charge in [-0.2, -0.15) is 0 Å². The lowest BCUT2D eigenvalue weighted by molar-refractivity contribution is 0.506.